The Bertz CT molecular complexity index is 1250. The van der Waals surface area contributed by atoms with Gasteiger partial charge in [0.1, 0.15) is 11.5 Å². The Kier molecular flexibility index (Phi) is 5.67. The number of hydrogen-bond acceptors (Lipinski definition) is 6. The summed E-state index contributed by atoms with van der Waals surface area (Å²) in [6, 6.07) is 7.65. The topological polar surface area (TPSA) is 90.4 Å². The molecule has 8 nitrogen and oxygen atoms in total. The van der Waals surface area contributed by atoms with Gasteiger partial charge in [-0.05, 0) is 44.2 Å². The van der Waals surface area contributed by atoms with Crippen molar-refractivity contribution in [2.24, 2.45) is 11.8 Å². The molecule has 3 aromatic heterocycles. The average Bonchev–Trinajstić information content (AvgIpc) is 3.40. The van der Waals surface area contributed by atoms with Crippen LogP contribution in [-0.4, -0.2) is 50.0 Å². The molecule has 33 heavy (non-hydrogen) atoms. The minimum atomic E-state index is -0.166. The minimum Gasteiger partial charge on any atom is -0.355 e. The molecule has 2 aliphatic heterocycles. The number of carbonyl (C=O) groups is 1. The second-order valence-electron chi connectivity index (χ2n) is 9.08. The van der Waals surface area contributed by atoms with E-state index >= 15 is 0 Å². The monoisotopic (exact) mass is 463 g/mol. The minimum absolute atomic E-state index is 0.0168. The summed E-state index contributed by atoms with van der Waals surface area (Å²) in [5, 5.41) is 14.6. The van der Waals surface area contributed by atoms with Crippen molar-refractivity contribution in [3.8, 4) is 6.07 Å². The Morgan fingerprint density at radius 1 is 1.30 bits per heavy atom. The van der Waals surface area contributed by atoms with E-state index in [0.29, 0.717) is 24.0 Å². The number of rotatable bonds is 3. The van der Waals surface area contributed by atoms with Crippen LogP contribution >= 0.6 is 11.6 Å². The number of aromatic nitrogens is 4. The second kappa shape index (κ2) is 8.64. The summed E-state index contributed by atoms with van der Waals surface area (Å²) in [6.45, 7) is 6.29. The van der Waals surface area contributed by atoms with Gasteiger partial charge in [-0.15, -0.1) is 0 Å². The molecular weight excluding hydrogens is 438 g/mol. The quantitative estimate of drug-likeness (QED) is 0.582. The third-order valence-electron chi connectivity index (χ3n) is 6.77. The lowest BCUT2D eigenvalue weighted by Crippen LogP contribution is -2.39. The number of nitriles is 1. The zero-order valence-electron chi connectivity index (χ0n) is 18.8. The molecule has 0 aromatic carbocycles. The summed E-state index contributed by atoms with van der Waals surface area (Å²) in [4.78, 5) is 26.4. The summed E-state index contributed by atoms with van der Waals surface area (Å²) in [6.07, 6.45) is 6.37. The van der Waals surface area contributed by atoms with Crippen molar-refractivity contribution < 1.29 is 4.79 Å². The number of fused-ring (bicyclic) bond motifs is 1. The summed E-state index contributed by atoms with van der Waals surface area (Å²) in [5.41, 5.74) is 2.86. The van der Waals surface area contributed by atoms with E-state index < -0.39 is 0 Å². The molecular formula is C24H26ClN7O. The van der Waals surface area contributed by atoms with Gasteiger partial charge in [-0.25, -0.2) is 14.5 Å². The van der Waals surface area contributed by atoms with Crippen LogP contribution < -0.4 is 4.90 Å². The van der Waals surface area contributed by atoms with E-state index in [2.05, 4.69) is 22.9 Å². The maximum absolute atomic E-state index is 13.3. The Morgan fingerprint density at radius 3 is 2.91 bits per heavy atom. The molecule has 1 amide bonds. The van der Waals surface area contributed by atoms with Crippen molar-refractivity contribution in [2.75, 3.05) is 24.5 Å². The van der Waals surface area contributed by atoms with Gasteiger partial charge in [0.25, 0.3) is 5.91 Å². The maximum atomic E-state index is 13.3. The third kappa shape index (κ3) is 3.91. The number of aryl methyl sites for hydroxylation is 1. The highest BCUT2D eigenvalue weighted by atomic mass is 35.5. The van der Waals surface area contributed by atoms with Crippen molar-refractivity contribution in [3.05, 3.63) is 52.6 Å². The predicted molar refractivity (Wildman–Crippen MR) is 125 cm³/mol. The average molecular weight is 464 g/mol. The van der Waals surface area contributed by atoms with Gasteiger partial charge in [-0.3, -0.25) is 4.79 Å². The molecule has 0 N–H and O–H groups in total. The first-order chi connectivity index (χ1) is 16.0. The zero-order valence-corrected chi connectivity index (χ0v) is 19.5. The molecule has 5 rings (SSSR count). The lowest BCUT2D eigenvalue weighted by molar-refractivity contribution is 0.0600. The largest absolute Gasteiger partial charge is 0.355 e. The van der Waals surface area contributed by atoms with Crippen LogP contribution in [0.2, 0.25) is 5.02 Å². The van der Waals surface area contributed by atoms with Crippen LogP contribution in [0.1, 0.15) is 54.0 Å². The first-order valence-electron chi connectivity index (χ1n) is 11.4. The fraction of sp³-hybridized carbons (Fsp3) is 0.458. The van der Waals surface area contributed by atoms with Gasteiger partial charge < -0.3 is 9.80 Å². The number of pyridine rings is 1. The lowest BCUT2D eigenvalue weighted by atomic mass is 9.99. The van der Waals surface area contributed by atoms with Crippen LogP contribution in [0, 0.1) is 30.1 Å². The van der Waals surface area contributed by atoms with Crippen molar-refractivity contribution in [2.45, 2.75) is 39.2 Å². The van der Waals surface area contributed by atoms with Gasteiger partial charge in [0, 0.05) is 43.7 Å². The van der Waals surface area contributed by atoms with Gasteiger partial charge >= 0.3 is 0 Å². The standard InChI is InChI=1S/C24H26ClN7O/c1-15-12-30(14-17(15)11-26)23-16(2)13-32-21(28-23)10-19(29-32)20-7-3-4-9-31(20)24(33)22-18(25)6-5-8-27-22/h5-6,8,10,13,15,17,20H,3-4,7,9,12,14H2,1-2H3/t15-,17+,20-/m0/s1. The SMILES string of the molecule is Cc1cn2nc([C@@H]3CCCCN3C(=O)c3ncccc3Cl)cc2nc1N1C[C@@H](C#N)[C@@H](C)C1. The molecule has 0 unspecified atom stereocenters. The molecule has 170 valence electrons. The van der Waals surface area contributed by atoms with E-state index in [4.69, 9.17) is 21.7 Å². The molecule has 3 atom stereocenters. The molecule has 9 heteroatoms. The Labute approximate surface area is 197 Å². The molecule has 2 saturated heterocycles. The summed E-state index contributed by atoms with van der Waals surface area (Å²) in [5.74, 6) is 1.06. The predicted octanol–water partition coefficient (Wildman–Crippen LogP) is 4.05. The van der Waals surface area contributed by atoms with Crippen LogP contribution in [0.15, 0.2) is 30.6 Å². The Hall–Kier alpha value is -3.18. The number of likely N-dealkylation sites (tertiary alicyclic amines) is 1. The van der Waals surface area contributed by atoms with E-state index in [1.54, 1.807) is 22.8 Å². The number of piperidine rings is 1. The number of anilines is 1. The van der Waals surface area contributed by atoms with Crippen LogP contribution in [0.3, 0.4) is 0 Å². The molecule has 3 aromatic rings. The van der Waals surface area contributed by atoms with Gasteiger partial charge in [-0.1, -0.05) is 18.5 Å². The molecule has 0 saturated carbocycles. The summed E-state index contributed by atoms with van der Waals surface area (Å²) < 4.78 is 1.79. The zero-order chi connectivity index (χ0) is 23.1. The summed E-state index contributed by atoms with van der Waals surface area (Å²) >= 11 is 6.26. The van der Waals surface area contributed by atoms with E-state index in [1.165, 1.54) is 0 Å². The second-order valence-corrected chi connectivity index (χ2v) is 9.49. The molecule has 2 aliphatic rings. The highest BCUT2D eigenvalue weighted by Gasteiger charge is 2.33. The maximum Gasteiger partial charge on any atom is 0.274 e. The van der Waals surface area contributed by atoms with E-state index in [-0.39, 0.29) is 23.6 Å². The van der Waals surface area contributed by atoms with Gasteiger partial charge in [0.05, 0.1) is 28.7 Å². The van der Waals surface area contributed by atoms with E-state index in [1.807, 2.05) is 24.1 Å². The fourth-order valence-electron chi connectivity index (χ4n) is 4.97. The number of nitrogens with zero attached hydrogens (tertiary/aromatic N) is 7. The number of halogens is 1. The smallest absolute Gasteiger partial charge is 0.274 e. The van der Waals surface area contributed by atoms with Gasteiger partial charge in [0.2, 0.25) is 0 Å². The molecule has 0 spiro atoms. The van der Waals surface area contributed by atoms with E-state index in [9.17, 15) is 10.1 Å². The van der Waals surface area contributed by atoms with E-state index in [0.717, 1.165) is 48.5 Å². The Morgan fingerprint density at radius 2 is 2.15 bits per heavy atom. The number of carbonyl (C=O) groups excluding carboxylic acids is 1. The van der Waals surface area contributed by atoms with Crippen molar-refractivity contribution in [1.82, 2.24) is 24.5 Å². The molecule has 2 fully saturated rings. The highest BCUT2D eigenvalue weighted by Crippen LogP contribution is 2.34. The van der Waals surface area contributed by atoms with Crippen LogP contribution in [0.4, 0.5) is 5.82 Å². The molecule has 5 heterocycles. The molecule has 0 aliphatic carbocycles. The third-order valence-corrected chi connectivity index (χ3v) is 7.07. The van der Waals surface area contributed by atoms with Crippen molar-refractivity contribution in [3.63, 3.8) is 0 Å². The molecule has 0 bridgehead atoms. The normalized spacial score (nSPS) is 23.2. The Balaban J connectivity index is 1.47. The lowest BCUT2D eigenvalue weighted by Gasteiger charge is -2.34. The van der Waals surface area contributed by atoms with Gasteiger partial charge in [0.15, 0.2) is 5.65 Å². The van der Waals surface area contributed by atoms with Crippen molar-refractivity contribution in [1.29, 1.82) is 5.26 Å². The van der Waals surface area contributed by atoms with Crippen LogP contribution in [-0.2, 0) is 0 Å². The summed E-state index contributed by atoms with van der Waals surface area (Å²) in [7, 11) is 0. The first kappa shape index (κ1) is 21.7. The number of hydrogen-bond donors (Lipinski definition) is 0. The first-order valence-corrected chi connectivity index (χ1v) is 11.8. The van der Waals surface area contributed by atoms with Crippen molar-refractivity contribution >= 4 is 29.0 Å². The molecule has 0 radical (unpaired) electrons. The van der Waals surface area contributed by atoms with Gasteiger partial charge in [-0.2, -0.15) is 10.4 Å². The number of amides is 1. The van der Waals surface area contributed by atoms with Crippen LogP contribution in [0.25, 0.3) is 5.65 Å². The highest BCUT2D eigenvalue weighted by molar-refractivity contribution is 6.33. The fourth-order valence-corrected chi connectivity index (χ4v) is 5.17. The van der Waals surface area contributed by atoms with Crippen LogP contribution in [0.5, 0.6) is 0 Å².